The van der Waals surface area contributed by atoms with Gasteiger partial charge in [0.2, 0.25) is 0 Å². The van der Waals surface area contributed by atoms with Crippen LogP contribution in [0.2, 0.25) is 0 Å². The molecule has 0 saturated heterocycles. The van der Waals surface area contributed by atoms with Gasteiger partial charge >= 0.3 is 0 Å². The average Bonchev–Trinajstić information content (AvgIpc) is 1.98. The number of aliphatic carboxylic acids is 1. The van der Waals surface area contributed by atoms with Gasteiger partial charge in [0.1, 0.15) is 0 Å². The predicted molar refractivity (Wildman–Crippen MR) is 40.8 cm³/mol. The lowest BCUT2D eigenvalue weighted by Crippen LogP contribution is -2.90. The number of carboxylic acids is 1. The summed E-state index contributed by atoms with van der Waals surface area (Å²) in [6, 6.07) is 0.578. The molecule has 11 heavy (non-hydrogen) atoms. The van der Waals surface area contributed by atoms with Gasteiger partial charge in [-0.2, -0.15) is 0 Å². The van der Waals surface area contributed by atoms with E-state index in [-0.39, 0.29) is 6.42 Å². The molecule has 0 aromatic carbocycles. The minimum atomic E-state index is -0.952. The Kier molecular flexibility index (Phi) is 5.84. The van der Waals surface area contributed by atoms with Crippen LogP contribution in [0.25, 0.3) is 0 Å². The molecular formula is C8H17NO2. The summed E-state index contributed by atoms with van der Waals surface area (Å²) in [5.41, 5.74) is 0. The molecule has 0 rings (SSSR count). The highest BCUT2D eigenvalue weighted by molar-refractivity contribution is 5.64. The molecule has 0 fully saturated rings. The predicted octanol–water partition coefficient (Wildman–Crippen LogP) is -1.12. The summed E-state index contributed by atoms with van der Waals surface area (Å²) in [5.74, 6) is -0.952. The highest BCUT2D eigenvalue weighted by atomic mass is 16.4. The molecule has 2 N–H and O–H groups in total. The van der Waals surface area contributed by atoms with Gasteiger partial charge < -0.3 is 15.2 Å². The van der Waals surface area contributed by atoms with E-state index in [9.17, 15) is 9.90 Å². The maximum Gasteiger partial charge on any atom is 0.0853 e. The third kappa shape index (κ3) is 5.85. The third-order valence-electron chi connectivity index (χ3n) is 1.90. The number of carbonyl (C=O) groups excluding carboxylic acids is 1. The van der Waals surface area contributed by atoms with E-state index in [2.05, 4.69) is 19.2 Å². The first kappa shape index (κ1) is 10.4. The SMILES string of the molecule is CCC(CC)[NH2+]CCC(=O)[O-]. The molecule has 0 atom stereocenters. The quantitative estimate of drug-likeness (QED) is 0.533. The van der Waals surface area contributed by atoms with Gasteiger partial charge in [-0.1, -0.05) is 13.8 Å². The normalized spacial score (nSPS) is 10.5. The van der Waals surface area contributed by atoms with Crippen molar-refractivity contribution in [1.29, 1.82) is 0 Å². The van der Waals surface area contributed by atoms with Crippen LogP contribution >= 0.6 is 0 Å². The van der Waals surface area contributed by atoms with Gasteiger partial charge in [-0.25, -0.2) is 0 Å². The summed E-state index contributed by atoms with van der Waals surface area (Å²) in [6.07, 6.45) is 2.36. The summed E-state index contributed by atoms with van der Waals surface area (Å²) in [6.45, 7) is 4.88. The molecule has 0 aliphatic rings. The Morgan fingerprint density at radius 3 is 2.36 bits per heavy atom. The molecule has 0 aliphatic carbocycles. The Morgan fingerprint density at radius 1 is 1.45 bits per heavy atom. The van der Waals surface area contributed by atoms with E-state index in [0.29, 0.717) is 12.6 Å². The molecule has 0 aliphatic heterocycles. The monoisotopic (exact) mass is 159 g/mol. The third-order valence-corrected chi connectivity index (χ3v) is 1.90. The number of carbonyl (C=O) groups is 1. The minimum Gasteiger partial charge on any atom is -0.550 e. The lowest BCUT2D eigenvalue weighted by Gasteiger charge is -2.10. The first-order valence-electron chi connectivity index (χ1n) is 4.23. The fourth-order valence-electron chi connectivity index (χ4n) is 1.06. The van der Waals surface area contributed by atoms with Crippen LogP contribution in [0, 0.1) is 0 Å². The Morgan fingerprint density at radius 2 is 2.00 bits per heavy atom. The average molecular weight is 159 g/mol. The first-order chi connectivity index (χ1) is 5.20. The van der Waals surface area contributed by atoms with Crippen molar-refractivity contribution in [2.24, 2.45) is 0 Å². The number of hydrogen-bond donors (Lipinski definition) is 1. The topological polar surface area (TPSA) is 56.7 Å². The van der Waals surface area contributed by atoms with Gasteiger partial charge in [0.15, 0.2) is 0 Å². The van der Waals surface area contributed by atoms with Crippen LogP contribution in [-0.4, -0.2) is 18.6 Å². The summed E-state index contributed by atoms with van der Waals surface area (Å²) in [4.78, 5) is 10.0. The van der Waals surface area contributed by atoms with Gasteiger partial charge in [0, 0.05) is 12.4 Å². The molecule has 0 bridgehead atoms. The van der Waals surface area contributed by atoms with Crippen LogP contribution in [0.1, 0.15) is 33.1 Å². The van der Waals surface area contributed by atoms with Gasteiger partial charge in [-0.05, 0) is 12.8 Å². The zero-order valence-electron chi connectivity index (χ0n) is 7.30. The maximum atomic E-state index is 10.0. The van der Waals surface area contributed by atoms with E-state index >= 15 is 0 Å². The largest absolute Gasteiger partial charge is 0.550 e. The van der Waals surface area contributed by atoms with Gasteiger partial charge in [-0.15, -0.1) is 0 Å². The van der Waals surface area contributed by atoms with Gasteiger partial charge in [-0.3, -0.25) is 0 Å². The Bertz CT molecular complexity index is 111. The fourth-order valence-corrected chi connectivity index (χ4v) is 1.06. The highest BCUT2D eigenvalue weighted by Gasteiger charge is 2.04. The smallest absolute Gasteiger partial charge is 0.0853 e. The number of rotatable bonds is 6. The molecule has 0 saturated carbocycles. The number of quaternary nitrogens is 1. The highest BCUT2D eigenvalue weighted by Crippen LogP contribution is 1.88. The van der Waals surface area contributed by atoms with E-state index in [1.165, 1.54) is 0 Å². The zero-order valence-corrected chi connectivity index (χ0v) is 7.30. The lowest BCUT2D eigenvalue weighted by molar-refractivity contribution is -0.689. The molecular weight excluding hydrogens is 142 g/mol. The first-order valence-corrected chi connectivity index (χ1v) is 4.23. The Labute approximate surface area is 67.8 Å². The van der Waals surface area contributed by atoms with Crippen molar-refractivity contribution in [2.45, 2.75) is 39.2 Å². The van der Waals surface area contributed by atoms with Crippen LogP contribution in [0.5, 0.6) is 0 Å². The summed E-state index contributed by atoms with van der Waals surface area (Å²) >= 11 is 0. The van der Waals surface area contributed by atoms with Crippen LogP contribution in [-0.2, 0) is 4.79 Å². The second kappa shape index (κ2) is 6.16. The summed E-state index contributed by atoms with van der Waals surface area (Å²) < 4.78 is 0. The Hall–Kier alpha value is -0.570. The molecule has 0 unspecified atom stereocenters. The number of hydrogen-bond acceptors (Lipinski definition) is 2. The van der Waals surface area contributed by atoms with Crippen LogP contribution in [0.3, 0.4) is 0 Å². The standard InChI is InChI=1S/C8H17NO2/c1-3-7(4-2)9-6-5-8(10)11/h7,9H,3-6H2,1-2H3,(H,10,11). The summed E-state index contributed by atoms with van der Waals surface area (Å²) in [5, 5.41) is 12.1. The minimum absolute atomic E-state index is 0.163. The van der Waals surface area contributed by atoms with Crippen LogP contribution in [0.4, 0.5) is 0 Å². The van der Waals surface area contributed by atoms with E-state index in [0.717, 1.165) is 12.8 Å². The molecule has 0 amide bonds. The maximum absolute atomic E-state index is 10.0. The fraction of sp³-hybridized carbons (Fsp3) is 0.875. The summed E-state index contributed by atoms with van der Waals surface area (Å²) in [7, 11) is 0. The number of carboxylic acid groups (broad SMARTS) is 1. The van der Waals surface area contributed by atoms with Gasteiger partial charge in [0.25, 0.3) is 0 Å². The zero-order chi connectivity index (χ0) is 8.69. The molecule has 0 aromatic rings. The number of nitrogens with two attached hydrogens (primary N) is 1. The van der Waals surface area contributed by atoms with E-state index in [1.807, 2.05) is 0 Å². The molecule has 66 valence electrons. The second-order valence-corrected chi connectivity index (χ2v) is 2.72. The van der Waals surface area contributed by atoms with Crippen molar-refractivity contribution in [3.8, 4) is 0 Å². The van der Waals surface area contributed by atoms with E-state index < -0.39 is 5.97 Å². The van der Waals surface area contributed by atoms with E-state index in [1.54, 1.807) is 0 Å². The van der Waals surface area contributed by atoms with Gasteiger partial charge in [0.05, 0.1) is 12.6 Å². The van der Waals surface area contributed by atoms with E-state index in [4.69, 9.17) is 0 Å². The Balaban J connectivity index is 3.28. The van der Waals surface area contributed by atoms with Crippen molar-refractivity contribution in [2.75, 3.05) is 6.54 Å². The van der Waals surface area contributed by atoms with Crippen LogP contribution in [0.15, 0.2) is 0 Å². The lowest BCUT2D eigenvalue weighted by atomic mass is 10.2. The second-order valence-electron chi connectivity index (χ2n) is 2.72. The van der Waals surface area contributed by atoms with Crippen molar-refractivity contribution in [3.63, 3.8) is 0 Å². The molecule has 3 nitrogen and oxygen atoms in total. The van der Waals surface area contributed by atoms with Crippen molar-refractivity contribution in [1.82, 2.24) is 0 Å². The van der Waals surface area contributed by atoms with Crippen LogP contribution < -0.4 is 10.4 Å². The molecule has 0 heterocycles. The molecule has 0 radical (unpaired) electrons. The van der Waals surface area contributed by atoms with Crippen molar-refractivity contribution in [3.05, 3.63) is 0 Å². The molecule has 0 spiro atoms. The molecule has 0 aromatic heterocycles. The van der Waals surface area contributed by atoms with Crippen molar-refractivity contribution >= 4 is 5.97 Å². The molecule has 3 heteroatoms. The van der Waals surface area contributed by atoms with Crippen molar-refractivity contribution < 1.29 is 15.2 Å².